The number of aromatic nitrogens is 2. The highest BCUT2D eigenvalue weighted by Crippen LogP contribution is 2.39. The summed E-state index contributed by atoms with van der Waals surface area (Å²) >= 11 is 0. The van der Waals surface area contributed by atoms with Crippen LogP contribution < -0.4 is 9.64 Å². The predicted octanol–water partition coefficient (Wildman–Crippen LogP) is 2.24. The first kappa shape index (κ1) is 15.1. The lowest BCUT2D eigenvalue weighted by molar-refractivity contribution is 0.0538. The van der Waals surface area contributed by atoms with Crippen LogP contribution in [-0.4, -0.2) is 41.6 Å². The molecule has 1 spiro atoms. The number of methoxy groups -OCH3 is 1. The summed E-state index contributed by atoms with van der Waals surface area (Å²) in [4.78, 5) is 23.2. The van der Waals surface area contributed by atoms with Crippen LogP contribution in [-0.2, 0) is 11.3 Å². The second-order valence-corrected chi connectivity index (χ2v) is 6.35. The molecule has 3 heterocycles. The molecule has 0 saturated carbocycles. The van der Waals surface area contributed by atoms with E-state index >= 15 is 0 Å². The number of hydrogen-bond acceptors (Lipinski definition) is 6. The smallest absolute Gasteiger partial charge is 0.170 e. The molecule has 2 aliphatic heterocycles. The Kier molecular flexibility index (Phi) is 3.69. The molecule has 6 heteroatoms. The van der Waals surface area contributed by atoms with Crippen LogP contribution in [0.3, 0.4) is 0 Å². The van der Waals surface area contributed by atoms with E-state index in [0.717, 1.165) is 24.5 Å². The normalized spacial score (nSPS) is 22.5. The number of nitrogens with zero attached hydrogens (tertiary/aromatic N) is 3. The van der Waals surface area contributed by atoms with E-state index < -0.39 is 5.60 Å². The van der Waals surface area contributed by atoms with Gasteiger partial charge in [0.25, 0.3) is 0 Å². The fourth-order valence-corrected chi connectivity index (χ4v) is 3.50. The second-order valence-electron chi connectivity index (χ2n) is 6.35. The molecule has 1 fully saturated rings. The summed E-state index contributed by atoms with van der Waals surface area (Å²) in [5.41, 5.74) is 1.07. The molecule has 2 aliphatic rings. The summed E-state index contributed by atoms with van der Waals surface area (Å²) in [7, 11) is 1.64. The van der Waals surface area contributed by atoms with Gasteiger partial charge in [0.1, 0.15) is 23.5 Å². The van der Waals surface area contributed by atoms with Crippen LogP contribution in [0.2, 0.25) is 0 Å². The van der Waals surface area contributed by atoms with Gasteiger partial charge in [0.15, 0.2) is 5.78 Å². The molecule has 1 atom stereocenters. The van der Waals surface area contributed by atoms with Gasteiger partial charge in [0.05, 0.1) is 30.8 Å². The number of para-hydroxylation sites is 1. The number of benzene rings is 1. The summed E-state index contributed by atoms with van der Waals surface area (Å²) < 4.78 is 11.4. The Hall–Kier alpha value is -2.47. The summed E-state index contributed by atoms with van der Waals surface area (Å²) in [6.45, 7) is 1.91. The molecule has 1 unspecified atom stereocenters. The molecule has 0 N–H and O–H groups in total. The average molecular weight is 325 g/mol. The Labute approximate surface area is 140 Å². The van der Waals surface area contributed by atoms with E-state index in [1.807, 2.05) is 30.3 Å². The van der Waals surface area contributed by atoms with E-state index in [1.165, 1.54) is 0 Å². The monoisotopic (exact) mass is 325 g/mol. The Bertz CT molecular complexity index is 780. The van der Waals surface area contributed by atoms with E-state index in [4.69, 9.17) is 9.47 Å². The first-order chi connectivity index (χ1) is 11.7. The van der Waals surface area contributed by atoms with E-state index in [2.05, 4.69) is 14.9 Å². The predicted molar refractivity (Wildman–Crippen MR) is 88.3 cm³/mol. The van der Waals surface area contributed by atoms with Crippen LogP contribution in [0.1, 0.15) is 28.9 Å². The van der Waals surface area contributed by atoms with Gasteiger partial charge >= 0.3 is 0 Å². The number of anilines is 1. The average Bonchev–Trinajstić information content (AvgIpc) is 2.99. The molecular formula is C18H19N3O3. The SMILES string of the molecule is COCc1cc(N2CCC3(CC(=O)c4ccccc4O3)C2)ncn1. The van der Waals surface area contributed by atoms with E-state index in [1.54, 1.807) is 13.4 Å². The molecule has 124 valence electrons. The minimum absolute atomic E-state index is 0.154. The van der Waals surface area contributed by atoms with Gasteiger partial charge in [-0.05, 0) is 12.1 Å². The molecule has 0 amide bonds. The lowest BCUT2D eigenvalue weighted by atomic mass is 9.89. The van der Waals surface area contributed by atoms with Crippen molar-refractivity contribution in [1.82, 2.24) is 9.97 Å². The van der Waals surface area contributed by atoms with E-state index in [-0.39, 0.29) is 5.78 Å². The highest BCUT2D eigenvalue weighted by atomic mass is 16.5. The number of rotatable bonds is 3. The molecule has 2 aromatic rings. The minimum Gasteiger partial charge on any atom is -0.484 e. The largest absolute Gasteiger partial charge is 0.484 e. The number of carbonyl (C=O) groups is 1. The van der Waals surface area contributed by atoms with Crippen LogP contribution in [0, 0.1) is 0 Å². The van der Waals surface area contributed by atoms with Gasteiger partial charge in [-0.2, -0.15) is 0 Å². The van der Waals surface area contributed by atoms with Crippen LogP contribution in [0.25, 0.3) is 0 Å². The van der Waals surface area contributed by atoms with Gasteiger partial charge < -0.3 is 14.4 Å². The van der Waals surface area contributed by atoms with Gasteiger partial charge in [0, 0.05) is 26.1 Å². The van der Waals surface area contributed by atoms with Crippen LogP contribution in [0.15, 0.2) is 36.7 Å². The fraction of sp³-hybridized carbons (Fsp3) is 0.389. The lowest BCUT2D eigenvalue weighted by Gasteiger charge is -2.34. The lowest BCUT2D eigenvalue weighted by Crippen LogP contribution is -2.44. The van der Waals surface area contributed by atoms with Gasteiger partial charge in [0.2, 0.25) is 0 Å². The highest BCUT2D eigenvalue weighted by molar-refractivity contribution is 6.00. The number of fused-ring (bicyclic) bond motifs is 1. The highest BCUT2D eigenvalue weighted by Gasteiger charge is 2.46. The number of ketones is 1. The van der Waals surface area contributed by atoms with Crippen molar-refractivity contribution in [3.05, 3.63) is 47.9 Å². The van der Waals surface area contributed by atoms with Gasteiger partial charge in [-0.3, -0.25) is 4.79 Å². The van der Waals surface area contributed by atoms with Crippen LogP contribution in [0.5, 0.6) is 5.75 Å². The number of hydrogen-bond donors (Lipinski definition) is 0. The molecular weight excluding hydrogens is 306 g/mol. The maximum Gasteiger partial charge on any atom is 0.170 e. The first-order valence-electron chi connectivity index (χ1n) is 8.05. The molecule has 4 rings (SSSR count). The van der Waals surface area contributed by atoms with Crippen LogP contribution in [0.4, 0.5) is 5.82 Å². The Morgan fingerprint density at radius 2 is 2.21 bits per heavy atom. The van der Waals surface area contributed by atoms with Crippen molar-refractivity contribution in [3.8, 4) is 5.75 Å². The summed E-state index contributed by atoms with van der Waals surface area (Å²) in [5.74, 6) is 1.70. The van der Waals surface area contributed by atoms with Gasteiger partial charge in [-0.15, -0.1) is 0 Å². The van der Waals surface area contributed by atoms with Crippen molar-refractivity contribution in [1.29, 1.82) is 0 Å². The number of Topliss-reactive ketones (excluding diaryl/α,β-unsaturated/α-hetero) is 1. The quantitative estimate of drug-likeness (QED) is 0.862. The van der Waals surface area contributed by atoms with E-state index in [9.17, 15) is 4.79 Å². The topological polar surface area (TPSA) is 64.5 Å². The number of carbonyl (C=O) groups excluding carboxylic acids is 1. The van der Waals surface area contributed by atoms with Gasteiger partial charge in [-0.25, -0.2) is 9.97 Å². The molecule has 0 radical (unpaired) electrons. The van der Waals surface area contributed by atoms with Crippen LogP contribution >= 0.6 is 0 Å². The third-order valence-corrected chi connectivity index (χ3v) is 4.64. The molecule has 0 bridgehead atoms. The molecule has 1 aromatic heterocycles. The maximum atomic E-state index is 12.5. The van der Waals surface area contributed by atoms with E-state index in [0.29, 0.717) is 30.9 Å². The summed E-state index contributed by atoms with van der Waals surface area (Å²) in [6, 6.07) is 9.41. The first-order valence-corrected chi connectivity index (χ1v) is 8.05. The second kappa shape index (κ2) is 5.87. The third kappa shape index (κ3) is 2.63. The van der Waals surface area contributed by atoms with Crippen molar-refractivity contribution in [3.63, 3.8) is 0 Å². The molecule has 1 aromatic carbocycles. The minimum atomic E-state index is -0.461. The third-order valence-electron chi connectivity index (χ3n) is 4.64. The summed E-state index contributed by atoms with van der Waals surface area (Å²) in [6.07, 6.45) is 2.77. The van der Waals surface area contributed by atoms with Crippen molar-refractivity contribution in [2.75, 3.05) is 25.1 Å². The standard InChI is InChI=1S/C18H19N3O3/c1-23-10-13-8-17(20-12-19-13)21-7-6-18(11-21)9-15(22)14-4-2-3-5-16(14)24-18/h2-5,8,12H,6-7,9-11H2,1H3. The number of ether oxygens (including phenoxy) is 2. The zero-order chi connectivity index (χ0) is 16.6. The Balaban J connectivity index is 1.57. The molecule has 6 nitrogen and oxygen atoms in total. The van der Waals surface area contributed by atoms with Gasteiger partial charge in [-0.1, -0.05) is 12.1 Å². The zero-order valence-corrected chi connectivity index (χ0v) is 13.6. The Morgan fingerprint density at radius 1 is 1.33 bits per heavy atom. The summed E-state index contributed by atoms with van der Waals surface area (Å²) in [5, 5.41) is 0. The molecule has 1 saturated heterocycles. The zero-order valence-electron chi connectivity index (χ0n) is 13.6. The molecule has 24 heavy (non-hydrogen) atoms. The van der Waals surface area contributed by atoms with Crippen molar-refractivity contribution >= 4 is 11.6 Å². The maximum absolute atomic E-state index is 12.5. The molecule has 0 aliphatic carbocycles. The van der Waals surface area contributed by atoms with Crippen molar-refractivity contribution in [2.24, 2.45) is 0 Å². The Morgan fingerprint density at radius 3 is 3.08 bits per heavy atom. The van der Waals surface area contributed by atoms with Crippen molar-refractivity contribution < 1.29 is 14.3 Å². The fourth-order valence-electron chi connectivity index (χ4n) is 3.50. The van der Waals surface area contributed by atoms with Crippen molar-refractivity contribution in [2.45, 2.75) is 25.0 Å².